The second-order valence-corrected chi connectivity index (χ2v) is 9.19. The van der Waals surface area contributed by atoms with Gasteiger partial charge in [0.25, 0.3) is 0 Å². The second-order valence-electron chi connectivity index (χ2n) is 7.42. The maximum atomic E-state index is 12.6. The summed E-state index contributed by atoms with van der Waals surface area (Å²) in [5.41, 5.74) is 1.03. The van der Waals surface area contributed by atoms with Gasteiger partial charge >= 0.3 is 0 Å². The number of nitrogens with zero attached hydrogens (tertiary/aromatic N) is 2. The molecule has 3 rings (SSSR count). The summed E-state index contributed by atoms with van der Waals surface area (Å²) in [4.78, 5) is 17.0. The second kappa shape index (κ2) is 12.1. The number of halogens is 2. The first-order valence-corrected chi connectivity index (χ1v) is 11.2. The van der Waals surface area contributed by atoms with Crippen molar-refractivity contribution in [2.75, 3.05) is 52.4 Å². The van der Waals surface area contributed by atoms with E-state index in [9.17, 15) is 13.2 Å². The van der Waals surface area contributed by atoms with Crippen LogP contribution >= 0.6 is 24.8 Å². The highest BCUT2D eigenvalue weighted by Crippen LogP contribution is 2.15. The van der Waals surface area contributed by atoms with E-state index >= 15 is 0 Å². The molecule has 2 saturated heterocycles. The molecule has 166 valence electrons. The summed E-state index contributed by atoms with van der Waals surface area (Å²) in [6.45, 7) is 7.78. The van der Waals surface area contributed by atoms with E-state index in [1.807, 2.05) is 11.8 Å². The molecule has 0 spiro atoms. The average molecular weight is 467 g/mol. The summed E-state index contributed by atoms with van der Waals surface area (Å²) in [5, 5.41) is 3.30. The Balaban J connectivity index is 0.00000210. The molecular weight excluding hydrogens is 435 g/mol. The summed E-state index contributed by atoms with van der Waals surface area (Å²) in [6, 6.07) is 6.85. The van der Waals surface area contributed by atoms with Crippen molar-refractivity contribution in [3.8, 4) is 0 Å². The minimum absolute atomic E-state index is 0. The van der Waals surface area contributed by atoms with Gasteiger partial charge in [-0.3, -0.25) is 9.69 Å². The number of piperidine rings is 1. The monoisotopic (exact) mass is 466 g/mol. The molecule has 1 unspecified atom stereocenters. The van der Waals surface area contributed by atoms with Crippen molar-refractivity contribution in [1.29, 1.82) is 0 Å². The normalized spacial score (nSPS) is 20.4. The lowest BCUT2D eigenvalue weighted by atomic mass is 9.98. The highest BCUT2D eigenvalue weighted by atomic mass is 35.5. The van der Waals surface area contributed by atoms with Crippen LogP contribution in [0.5, 0.6) is 0 Å². The van der Waals surface area contributed by atoms with E-state index < -0.39 is 10.0 Å². The summed E-state index contributed by atoms with van der Waals surface area (Å²) < 4.78 is 27.3. The van der Waals surface area contributed by atoms with Crippen LogP contribution in [0, 0.1) is 12.8 Å². The molecule has 0 bridgehead atoms. The van der Waals surface area contributed by atoms with Gasteiger partial charge in [-0.2, -0.15) is 0 Å². The lowest BCUT2D eigenvalue weighted by Crippen LogP contribution is -2.53. The molecule has 10 heteroatoms. The van der Waals surface area contributed by atoms with E-state index in [1.165, 1.54) is 0 Å². The maximum absolute atomic E-state index is 12.6. The Morgan fingerprint density at radius 1 is 1.14 bits per heavy atom. The molecule has 0 aromatic heterocycles. The van der Waals surface area contributed by atoms with E-state index in [1.54, 1.807) is 24.3 Å². The maximum Gasteiger partial charge on any atom is 0.240 e. The third-order valence-electron chi connectivity index (χ3n) is 5.38. The number of piperazine rings is 1. The fourth-order valence-corrected chi connectivity index (χ4v) is 4.67. The SMILES string of the molecule is Cc1ccc(S(=O)(=O)NCCN2CCN(C(=O)C3CCCNC3)CC2)cc1.Cl.Cl. The van der Waals surface area contributed by atoms with Gasteiger partial charge in [0.1, 0.15) is 0 Å². The number of sulfonamides is 1. The quantitative estimate of drug-likeness (QED) is 0.659. The molecule has 2 aliphatic rings. The van der Waals surface area contributed by atoms with Crippen LogP contribution in [0.3, 0.4) is 0 Å². The van der Waals surface area contributed by atoms with Gasteiger partial charge < -0.3 is 10.2 Å². The first-order chi connectivity index (χ1) is 13.0. The zero-order valence-electron chi connectivity index (χ0n) is 16.8. The van der Waals surface area contributed by atoms with E-state index in [0.717, 1.165) is 57.7 Å². The zero-order chi connectivity index (χ0) is 19.3. The highest BCUT2D eigenvalue weighted by Gasteiger charge is 2.28. The van der Waals surface area contributed by atoms with Gasteiger partial charge in [-0.1, -0.05) is 17.7 Å². The smallest absolute Gasteiger partial charge is 0.240 e. The summed E-state index contributed by atoms with van der Waals surface area (Å²) in [6.07, 6.45) is 2.05. The number of hydrogen-bond donors (Lipinski definition) is 2. The molecule has 29 heavy (non-hydrogen) atoms. The molecule has 0 aliphatic carbocycles. The minimum Gasteiger partial charge on any atom is -0.340 e. The molecule has 1 amide bonds. The summed E-state index contributed by atoms with van der Waals surface area (Å²) in [5.74, 6) is 0.383. The number of amides is 1. The van der Waals surface area contributed by atoms with Crippen LogP contribution in [-0.2, 0) is 14.8 Å². The van der Waals surface area contributed by atoms with E-state index in [-0.39, 0.29) is 36.6 Å². The molecule has 0 radical (unpaired) electrons. The van der Waals surface area contributed by atoms with Gasteiger partial charge in [-0.25, -0.2) is 13.1 Å². The Labute approximate surface area is 186 Å². The molecule has 2 N–H and O–H groups in total. The predicted octanol–water partition coefficient (Wildman–Crippen LogP) is 1.26. The average Bonchev–Trinajstić information content (AvgIpc) is 2.69. The molecule has 2 heterocycles. The van der Waals surface area contributed by atoms with Gasteiger partial charge in [0.15, 0.2) is 0 Å². The first kappa shape index (κ1) is 26.1. The molecular formula is C19H32Cl2N4O3S. The van der Waals surface area contributed by atoms with Crippen molar-refractivity contribution in [2.45, 2.75) is 24.7 Å². The molecule has 2 fully saturated rings. The Bertz CT molecular complexity index is 732. The predicted molar refractivity (Wildman–Crippen MR) is 119 cm³/mol. The third-order valence-corrected chi connectivity index (χ3v) is 6.86. The number of hydrogen-bond acceptors (Lipinski definition) is 5. The highest BCUT2D eigenvalue weighted by molar-refractivity contribution is 7.89. The fraction of sp³-hybridized carbons (Fsp3) is 0.632. The fourth-order valence-electron chi connectivity index (χ4n) is 3.65. The zero-order valence-corrected chi connectivity index (χ0v) is 19.3. The van der Waals surface area contributed by atoms with Crippen LogP contribution in [0.4, 0.5) is 0 Å². The lowest BCUT2D eigenvalue weighted by molar-refractivity contribution is -0.137. The number of carbonyl (C=O) groups excluding carboxylic acids is 1. The summed E-state index contributed by atoms with van der Waals surface area (Å²) in [7, 11) is -3.46. The van der Waals surface area contributed by atoms with Gasteiger partial charge in [0.2, 0.25) is 15.9 Å². The molecule has 0 saturated carbocycles. The van der Waals surface area contributed by atoms with Crippen molar-refractivity contribution < 1.29 is 13.2 Å². The molecule has 1 aromatic rings. The number of aryl methyl sites for hydroxylation is 1. The lowest BCUT2D eigenvalue weighted by Gasteiger charge is -2.37. The molecule has 2 aliphatic heterocycles. The van der Waals surface area contributed by atoms with Crippen molar-refractivity contribution in [1.82, 2.24) is 19.8 Å². The van der Waals surface area contributed by atoms with Crippen molar-refractivity contribution in [3.63, 3.8) is 0 Å². The Morgan fingerprint density at radius 3 is 2.38 bits per heavy atom. The topological polar surface area (TPSA) is 81.8 Å². The van der Waals surface area contributed by atoms with Crippen LogP contribution in [-0.4, -0.2) is 76.5 Å². The molecule has 7 nitrogen and oxygen atoms in total. The Kier molecular flexibility index (Phi) is 10.9. The first-order valence-electron chi connectivity index (χ1n) is 9.74. The van der Waals surface area contributed by atoms with Gasteiger partial charge in [0, 0.05) is 45.8 Å². The Hall–Kier alpha value is -0.900. The van der Waals surface area contributed by atoms with E-state index in [0.29, 0.717) is 18.0 Å². The van der Waals surface area contributed by atoms with Gasteiger partial charge in [-0.05, 0) is 38.4 Å². The van der Waals surface area contributed by atoms with Gasteiger partial charge in [0.05, 0.1) is 10.8 Å². The van der Waals surface area contributed by atoms with E-state index in [4.69, 9.17) is 0 Å². The van der Waals surface area contributed by atoms with Crippen molar-refractivity contribution in [2.24, 2.45) is 5.92 Å². The summed E-state index contributed by atoms with van der Waals surface area (Å²) >= 11 is 0. The van der Waals surface area contributed by atoms with Crippen LogP contribution in [0.1, 0.15) is 18.4 Å². The number of rotatable bonds is 6. The number of nitrogens with one attached hydrogen (secondary N) is 2. The van der Waals surface area contributed by atoms with Crippen LogP contribution in [0.15, 0.2) is 29.2 Å². The van der Waals surface area contributed by atoms with Crippen LogP contribution < -0.4 is 10.0 Å². The molecule has 1 atom stereocenters. The minimum atomic E-state index is -3.46. The van der Waals surface area contributed by atoms with Gasteiger partial charge in [-0.15, -0.1) is 24.8 Å². The standard InChI is InChI=1S/C19H30N4O3S.2ClH/c1-16-4-6-18(7-5-16)27(25,26)21-9-10-22-11-13-23(14-12-22)19(24)17-3-2-8-20-15-17;;/h4-7,17,20-21H,2-3,8-15H2,1H3;2*1H. The van der Waals surface area contributed by atoms with E-state index in [2.05, 4.69) is 14.9 Å². The van der Waals surface area contributed by atoms with Crippen LogP contribution in [0.2, 0.25) is 0 Å². The Morgan fingerprint density at radius 2 is 1.79 bits per heavy atom. The van der Waals surface area contributed by atoms with Crippen molar-refractivity contribution in [3.05, 3.63) is 29.8 Å². The third kappa shape index (κ3) is 7.38. The largest absolute Gasteiger partial charge is 0.340 e. The number of benzene rings is 1. The van der Waals surface area contributed by atoms with Crippen molar-refractivity contribution >= 4 is 40.7 Å². The van der Waals surface area contributed by atoms with Crippen LogP contribution in [0.25, 0.3) is 0 Å². The number of carbonyl (C=O) groups is 1. The molecule has 1 aromatic carbocycles.